The highest BCUT2D eigenvalue weighted by atomic mass is 16.5. The van der Waals surface area contributed by atoms with E-state index in [9.17, 15) is 9.59 Å². The number of hydrogen-bond acceptors (Lipinski definition) is 6. The Bertz CT molecular complexity index is 648. The summed E-state index contributed by atoms with van der Waals surface area (Å²) in [5, 5.41) is 0. The van der Waals surface area contributed by atoms with Crippen LogP contribution in [0.1, 0.15) is 50.9 Å². The van der Waals surface area contributed by atoms with Crippen LogP contribution in [0.15, 0.2) is 12.1 Å². The lowest BCUT2D eigenvalue weighted by Crippen LogP contribution is -2.42. The van der Waals surface area contributed by atoms with Gasteiger partial charge in [-0.2, -0.15) is 0 Å². The third kappa shape index (κ3) is 5.30. The number of likely N-dealkylation sites (tertiary alicyclic amines) is 1. The van der Waals surface area contributed by atoms with Crippen LogP contribution in [0.3, 0.4) is 0 Å². The van der Waals surface area contributed by atoms with Gasteiger partial charge in [-0.05, 0) is 52.7 Å². The molecule has 28 heavy (non-hydrogen) atoms. The minimum absolute atomic E-state index is 0.154. The number of carbonyl (C=O) groups excluding carboxylic acids is 2. The molecule has 1 amide bonds. The molecule has 1 heterocycles. The molecule has 0 aliphatic carbocycles. The van der Waals surface area contributed by atoms with Crippen molar-refractivity contribution in [3.63, 3.8) is 0 Å². The first-order valence-electron chi connectivity index (χ1n) is 10.1. The van der Waals surface area contributed by atoms with E-state index in [0.29, 0.717) is 62.3 Å². The fraction of sp³-hybridized carbons (Fsp3) is 0.619. The zero-order valence-corrected chi connectivity index (χ0v) is 17.3. The molecule has 0 spiro atoms. The summed E-state index contributed by atoms with van der Waals surface area (Å²) >= 11 is 0. The normalized spacial score (nSPS) is 16.4. The molecule has 1 aromatic carbocycles. The zero-order chi connectivity index (χ0) is 20.5. The largest absolute Gasteiger partial charge is 0.490 e. The average Bonchev–Trinajstić information content (AvgIpc) is 2.70. The molecule has 1 fully saturated rings. The van der Waals surface area contributed by atoms with Gasteiger partial charge in [0.15, 0.2) is 11.5 Å². The lowest BCUT2D eigenvalue weighted by atomic mass is 9.97. The van der Waals surface area contributed by atoms with E-state index in [1.54, 1.807) is 24.0 Å². The van der Waals surface area contributed by atoms with Crippen LogP contribution in [0, 0.1) is 5.92 Å². The van der Waals surface area contributed by atoms with Gasteiger partial charge in [0.1, 0.15) is 0 Å². The summed E-state index contributed by atoms with van der Waals surface area (Å²) in [6.45, 7) is 10.1. The Labute approximate surface area is 166 Å². The number of esters is 1. The summed E-state index contributed by atoms with van der Waals surface area (Å²) in [5.74, 6) is 0.801. The number of amides is 1. The number of hydrogen-bond donors (Lipinski definition) is 0. The molecule has 2 rings (SSSR count). The van der Waals surface area contributed by atoms with E-state index in [2.05, 4.69) is 0 Å². The van der Waals surface area contributed by atoms with E-state index in [1.165, 1.54) is 0 Å². The molecule has 1 aliphatic heterocycles. The first-order valence-corrected chi connectivity index (χ1v) is 10.1. The van der Waals surface area contributed by atoms with Crippen molar-refractivity contribution >= 4 is 11.9 Å². The highest BCUT2D eigenvalue weighted by molar-refractivity contribution is 5.96. The number of piperidine rings is 1. The average molecular weight is 393 g/mol. The molecule has 7 nitrogen and oxygen atoms in total. The van der Waals surface area contributed by atoms with Gasteiger partial charge in [-0.25, -0.2) is 0 Å². The molecule has 1 atom stereocenters. The smallest absolute Gasteiger partial charge is 0.310 e. The molecule has 0 saturated carbocycles. The van der Waals surface area contributed by atoms with Crippen LogP contribution >= 0.6 is 0 Å². The van der Waals surface area contributed by atoms with Crippen molar-refractivity contribution in [1.29, 1.82) is 0 Å². The predicted octanol–water partition coefficient (Wildman–Crippen LogP) is 3.30. The molecule has 0 aromatic heterocycles. The van der Waals surface area contributed by atoms with Crippen molar-refractivity contribution in [1.82, 2.24) is 4.90 Å². The van der Waals surface area contributed by atoms with E-state index >= 15 is 0 Å². The number of ether oxygens (including phenoxy) is 4. The van der Waals surface area contributed by atoms with E-state index < -0.39 is 0 Å². The van der Waals surface area contributed by atoms with Crippen LogP contribution in [0.5, 0.6) is 17.2 Å². The van der Waals surface area contributed by atoms with Gasteiger partial charge in [0.05, 0.1) is 32.3 Å². The number of carbonyl (C=O) groups is 2. The van der Waals surface area contributed by atoms with E-state index in [0.717, 1.165) is 12.8 Å². The second-order valence-electron chi connectivity index (χ2n) is 6.44. The van der Waals surface area contributed by atoms with Crippen LogP contribution in [0.25, 0.3) is 0 Å². The van der Waals surface area contributed by atoms with E-state index in [4.69, 9.17) is 18.9 Å². The van der Waals surface area contributed by atoms with Crippen molar-refractivity contribution in [3.8, 4) is 17.2 Å². The Morgan fingerprint density at radius 2 is 1.57 bits per heavy atom. The van der Waals surface area contributed by atoms with Gasteiger partial charge in [-0.1, -0.05) is 0 Å². The number of benzene rings is 1. The van der Waals surface area contributed by atoms with Gasteiger partial charge in [0.2, 0.25) is 5.75 Å². The molecule has 1 saturated heterocycles. The molecule has 0 radical (unpaired) electrons. The summed E-state index contributed by atoms with van der Waals surface area (Å²) in [6, 6.07) is 3.38. The summed E-state index contributed by atoms with van der Waals surface area (Å²) in [4.78, 5) is 26.9. The first-order chi connectivity index (χ1) is 13.5. The van der Waals surface area contributed by atoms with Crippen LogP contribution in [-0.4, -0.2) is 56.3 Å². The molecule has 0 bridgehead atoms. The third-order valence-corrected chi connectivity index (χ3v) is 4.48. The summed E-state index contributed by atoms with van der Waals surface area (Å²) in [5.41, 5.74) is 0.458. The van der Waals surface area contributed by atoms with Crippen molar-refractivity contribution in [2.75, 3.05) is 39.5 Å². The van der Waals surface area contributed by atoms with Crippen molar-refractivity contribution in [2.24, 2.45) is 5.92 Å². The lowest BCUT2D eigenvalue weighted by molar-refractivity contribution is -0.149. The van der Waals surface area contributed by atoms with Crippen LogP contribution in [0.2, 0.25) is 0 Å². The minimum atomic E-state index is -0.280. The predicted molar refractivity (Wildman–Crippen MR) is 105 cm³/mol. The van der Waals surface area contributed by atoms with Crippen molar-refractivity contribution in [2.45, 2.75) is 40.5 Å². The second-order valence-corrected chi connectivity index (χ2v) is 6.44. The fourth-order valence-electron chi connectivity index (χ4n) is 3.31. The lowest BCUT2D eigenvalue weighted by Gasteiger charge is -2.31. The molecule has 1 unspecified atom stereocenters. The third-order valence-electron chi connectivity index (χ3n) is 4.48. The summed E-state index contributed by atoms with van der Waals surface area (Å²) in [6.07, 6.45) is 1.50. The molecule has 1 aliphatic rings. The second kappa shape index (κ2) is 10.8. The quantitative estimate of drug-likeness (QED) is 0.600. The highest BCUT2D eigenvalue weighted by Crippen LogP contribution is 2.39. The molecule has 0 N–H and O–H groups in total. The fourth-order valence-corrected chi connectivity index (χ4v) is 3.31. The first kappa shape index (κ1) is 21.9. The molecule has 1 aromatic rings. The van der Waals surface area contributed by atoms with Gasteiger partial charge in [0.25, 0.3) is 5.91 Å². The topological polar surface area (TPSA) is 74.3 Å². The Morgan fingerprint density at radius 3 is 2.11 bits per heavy atom. The molecular formula is C21H31NO6. The monoisotopic (exact) mass is 393 g/mol. The van der Waals surface area contributed by atoms with E-state index in [-0.39, 0.29) is 17.8 Å². The Morgan fingerprint density at radius 1 is 0.964 bits per heavy atom. The Balaban J connectivity index is 2.29. The van der Waals surface area contributed by atoms with Crippen LogP contribution in [0.4, 0.5) is 0 Å². The van der Waals surface area contributed by atoms with Crippen molar-refractivity contribution < 1.29 is 28.5 Å². The van der Waals surface area contributed by atoms with Crippen LogP contribution in [-0.2, 0) is 9.53 Å². The SMILES string of the molecule is CCOC(=O)C1CCCN(C(=O)c2cc(OCC)c(OCC)c(OCC)c2)C1. The van der Waals surface area contributed by atoms with Gasteiger partial charge in [0, 0.05) is 18.7 Å². The highest BCUT2D eigenvalue weighted by Gasteiger charge is 2.30. The maximum absolute atomic E-state index is 13.1. The van der Waals surface area contributed by atoms with Gasteiger partial charge in [-0.3, -0.25) is 9.59 Å². The van der Waals surface area contributed by atoms with Crippen molar-refractivity contribution in [3.05, 3.63) is 17.7 Å². The number of nitrogens with zero attached hydrogens (tertiary/aromatic N) is 1. The Hall–Kier alpha value is -2.44. The number of rotatable bonds is 9. The summed E-state index contributed by atoms with van der Waals surface area (Å²) in [7, 11) is 0. The molecule has 7 heteroatoms. The minimum Gasteiger partial charge on any atom is -0.490 e. The maximum atomic E-state index is 13.1. The molecule has 156 valence electrons. The van der Waals surface area contributed by atoms with Gasteiger partial charge >= 0.3 is 5.97 Å². The van der Waals surface area contributed by atoms with E-state index in [1.807, 2.05) is 20.8 Å². The maximum Gasteiger partial charge on any atom is 0.310 e. The van der Waals surface area contributed by atoms with Gasteiger partial charge in [-0.15, -0.1) is 0 Å². The van der Waals surface area contributed by atoms with Gasteiger partial charge < -0.3 is 23.8 Å². The zero-order valence-electron chi connectivity index (χ0n) is 17.3. The molecular weight excluding hydrogens is 362 g/mol. The summed E-state index contributed by atoms with van der Waals surface area (Å²) < 4.78 is 22.2. The Kier molecular flexibility index (Phi) is 8.42. The standard InChI is InChI=1S/C21H31NO6/c1-5-25-17-12-16(13-18(26-6-2)19(17)27-7-3)20(23)22-11-9-10-15(14-22)21(24)28-8-4/h12-13,15H,5-11,14H2,1-4H3. The van der Waals surface area contributed by atoms with Crippen LogP contribution < -0.4 is 14.2 Å².